The van der Waals surface area contributed by atoms with Crippen molar-refractivity contribution < 1.29 is 13.2 Å². The highest BCUT2D eigenvalue weighted by molar-refractivity contribution is 9.10. The van der Waals surface area contributed by atoms with Gasteiger partial charge in [-0.25, -0.2) is 13.8 Å². The van der Waals surface area contributed by atoms with Crippen molar-refractivity contribution in [2.75, 3.05) is 10.8 Å². The summed E-state index contributed by atoms with van der Waals surface area (Å²) in [6, 6.07) is 22.6. The second kappa shape index (κ2) is 11.6. The minimum atomic E-state index is -4.03. The zero-order valence-electron chi connectivity index (χ0n) is 21.0. The van der Waals surface area contributed by atoms with Gasteiger partial charge in [0, 0.05) is 32.1 Å². The van der Waals surface area contributed by atoms with Crippen LogP contribution >= 0.6 is 27.5 Å². The maximum absolute atomic E-state index is 13.5. The number of amides is 1. The van der Waals surface area contributed by atoms with Crippen LogP contribution < -0.4 is 9.73 Å². The molecule has 0 radical (unpaired) electrons. The molecule has 1 heterocycles. The summed E-state index contributed by atoms with van der Waals surface area (Å²) in [5.41, 5.74) is 7.49. The Hall–Kier alpha value is -3.40. The molecular formula is C28H26BrClN4O3S. The molecule has 1 aromatic heterocycles. The van der Waals surface area contributed by atoms with Crippen LogP contribution in [0.25, 0.3) is 5.69 Å². The van der Waals surface area contributed by atoms with Crippen LogP contribution in [0.3, 0.4) is 0 Å². The van der Waals surface area contributed by atoms with E-state index in [-0.39, 0.29) is 4.90 Å². The van der Waals surface area contributed by atoms with Crippen molar-refractivity contribution >= 4 is 55.4 Å². The molecule has 0 fully saturated rings. The Morgan fingerprint density at radius 1 is 1.00 bits per heavy atom. The summed E-state index contributed by atoms with van der Waals surface area (Å²) >= 11 is 9.45. The Balaban J connectivity index is 1.54. The summed E-state index contributed by atoms with van der Waals surface area (Å²) in [7, 11) is -4.03. The lowest BCUT2D eigenvalue weighted by molar-refractivity contribution is -0.119. The number of rotatable bonds is 8. The van der Waals surface area contributed by atoms with Gasteiger partial charge in [-0.2, -0.15) is 5.10 Å². The van der Waals surface area contributed by atoms with Gasteiger partial charge in [0.2, 0.25) is 0 Å². The molecule has 0 saturated heterocycles. The zero-order valence-corrected chi connectivity index (χ0v) is 24.2. The molecule has 0 spiro atoms. The van der Waals surface area contributed by atoms with Gasteiger partial charge in [-0.05, 0) is 87.5 Å². The zero-order chi connectivity index (χ0) is 27.4. The summed E-state index contributed by atoms with van der Waals surface area (Å²) < 4.78 is 31.1. The van der Waals surface area contributed by atoms with Crippen LogP contribution in [0.4, 0.5) is 5.69 Å². The third-order valence-corrected chi connectivity index (χ3v) is 8.53. The van der Waals surface area contributed by atoms with Gasteiger partial charge in [0.1, 0.15) is 6.54 Å². The van der Waals surface area contributed by atoms with Crippen molar-refractivity contribution in [3.05, 3.63) is 111 Å². The van der Waals surface area contributed by atoms with E-state index in [0.29, 0.717) is 10.7 Å². The normalized spacial score (nSPS) is 11.6. The summed E-state index contributed by atoms with van der Waals surface area (Å²) in [5.74, 6) is -0.589. The second-order valence-electron chi connectivity index (χ2n) is 8.73. The molecule has 7 nitrogen and oxygen atoms in total. The van der Waals surface area contributed by atoms with Crippen LogP contribution in [0, 0.1) is 20.8 Å². The molecule has 0 aliphatic heterocycles. The van der Waals surface area contributed by atoms with Gasteiger partial charge in [-0.15, -0.1) is 0 Å². The first-order valence-electron chi connectivity index (χ1n) is 11.7. The minimum Gasteiger partial charge on any atom is -0.318 e. The minimum absolute atomic E-state index is 0.0785. The lowest BCUT2D eigenvalue weighted by atomic mass is 10.2. The summed E-state index contributed by atoms with van der Waals surface area (Å²) in [4.78, 5) is 12.9. The van der Waals surface area contributed by atoms with E-state index < -0.39 is 22.5 Å². The SMILES string of the molecule is Cc1ccc(S(=O)(=O)N(CC(=O)N/N=C\c2cc(C)n(-c3ccc(Br)cc3)c2C)c2ccc(Cl)cc2)cc1. The molecule has 0 aliphatic rings. The molecular weight excluding hydrogens is 588 g/mol. The lowest BCUT2D eigenvalue weighted by Gasteiger charge is -2.23. The number of nitrogens with one attached hydrogen (secondary N) is 1. The van der Waals surface area contributed by atoms with E-state index >= 15 is 0 Å². The van der Waals surface area contributed by atoms with E-state index in [1.807, 2.05) is 51.1 Å². The molecule has 0 bridgehead atoms. The molecule has 1 amide bonds. The number of benzene rings is 3. The van der Waals surface area contributed by atoms with Crippen molar-refractivity contribution in [2.24, 2.45) is 5.10 Å². The highest BCUT2D eigenvalue weighted by atomic mass is 79.9. The Morgan fingerprint density at radius 3 is 2.26 bits per heavy atom. The molecule has 38 heavy (non-hydrogen) atoms. The predicted molar refractivity (Wildman–Crippen MR) is 156 cm³/mol. The predicted octanol–water partition coefficient (Wildman–Crippen LogP) is 6.16. The number of hydrazone groups is 1. The smallest absolute Gasteiger partial charge is 0.264 e. The highest BCUT2D eigenvalue weighted by Crippen LogP contribution is 2.25. The third-order valence-electron chi connectivity index (χ3n) is 5.96. The maximum Gasteiger partial charge on any atom is 0.264 e. The number of carbonyl (C=O) groups excluding carboxylic acids is 1. The van der Waals surface area contributed by atoms with Gasteiger partial charge >= 0.3 is 0 Å². The van der Waals surface area contributed by atoms with Gasteiger partial charge in [0.05, 0.1) is 16.8 Å². The van der Waals surface area contributed by atoms with Gasteiger partial charge in [-0.1, -0.05) is 45.2 Å². The van der Waals surface area contributed by atoms with E-state index in [0.717, 1.165) is 37.0 Å². The molecule has 0 atom stereocenters. The van der Waals surface area contributed by atoms with Crippen LogP contribution in [-0.2, 0) is 14.8 Å². The van der Waals surface area contributed by atoms with Gasteiger partial charge in [0.15, 0.2) is 0 Å². The Morgan fingerprint density at radius 2 is 1.63 bits per heavy atom. The fraction of sp³-hybridized carbons (Fsp3) is 0.143. The molecule has 0 unspecified atom stereocenters. The first kappa shape index (κ1) is 27.6. The summed E-state index contributed by atoms with van der Waals surface area (Å²) in [6.45, 7) is 5.36. The molecule has 0 saturated carbocycles. The monoisotopic (exact) mass is 612 g/mol. The van der Waals surface area contributed by atoms with Crippen molar-refractivity contribution in [2.45, 2.75) is 25.7 Å². The number of anilines is 1. The fourth-order valence-corrected chi connectivity index (χ4v) is 5.82. The number of sulfonamides is 1. The largest absolute Gasteiger partial charge is 0.318 e. The van der Waals surface area contributed by atoms with Crippen LogP contribution in [0.5, 0.6) is 0 Å². The first-order valence-corrected chi connectivity index (χ1v) is 14.3. The highest BCUT2D eigenvalue weighted by Gasteiger charge is 2.27. The second-order valence-corrected chi connectivity index (χ2v) is 11.9. The van der Waals surface area contributed by atoms with Gasteiger partial charge in [0.25, 0.3) is 15.9 Å². The first-order chi connectivity index (χ1) is 18.1. The summed E-state index contributed by atoms with van der Waals surface area (Å²) in [5, 5.41) is 4.56. The van der Waals surface area contributed by atoms with E-state index in [1.54, 1.807) is 42.6 Å². The molecule has 1 N–H and O–H groups in total. The van der Waals surface area contributed by atoms with Crippen LogP contribution in [0.2, 0.25) is 5.02 Å². The molecule has 4 aromatic rings. The van der Waals surface area contributed by atoms with Gasteiger partial charge < -0.3 is 4.57 Å². The fourth-order valence-electron chi connectivity index (χ4n) is 4.01. The molecule has 3 aromatic carbocycles. The number of aromatic nitrogens is 1. The lowest BCUT2D eigenvalue weighted by Crippen LogP contribution is -2.39. The molecule has 4 rings (SSSR count). The molecule has 0 aliphatic carbocycles. The number of aryl methyl sites for hydroxylation is 2. The number of halogens is 2. The summed E-state index contributed by atoms with van der Waals surface area (Å²) in [6.07, 6.45) is 1.55. The average Bonchev–Trinajstić information content (AvgIpc) is 3.16. The third kappa shape index (κ3) is 6.18. The van der Waals surface area contributed by atoms with Crippen molar-refractivity contribution in [3.8, 4) is 5.69 Å². The number of hydrogen-bond donors (Lipinski definition) is 1. The molecule has 196 valence electrons. The van der Waals surface area contributed by atoms with Crippen LogP contribution in [-0.4, -0.2) is 31.7 Å². The maximum atomic E-state index is 13.5. The Kier molecular flexibility index (Phi) is 8.40. The van der Waals surface area contributed by atoms with E-state index in [4.69, 9.17) is 11.6 Å². The number of nitrogens with zero attached hydrogens (tertiary/aromatic N) is 3. The molecule has 10 heteroatoms. The van der Waals surface area contributed by atoms with E-state index in [9.17, 15) is 13.2 Å². The Bertz CT molecular complexity index is 1580. The van der Waals surface area contributed by atoms with E-state index in [2.05, 4.69) is 31.0 Å². The Labute approximate surface area is 235 Å². The average molecular weight is 614 g/mol. The number of hydrogen-bond acceptors (Lipinski definition) is 4. The standard InChI is InChI=1S/C28H26BrClN4O3S/c1-19-4-14-27(15-5-19)38(36,37)33(25-12-8-24(30)9-13-25)18-28(35)32-31-17-22-16-20(2)34(21(22)3)26-10-6-23(29)7-11-26/h4-17H,18H2,1-3H3,(H,32,35)/b31-17-. The van der Waals surface area contributed by atoms with Crippen molar-refractivity contribution in [3.63, 3.8) is 0 Å². The number of carbonyl (C=O) groups is 1. The van der Waals surface area contributed by atoms with E-state index in [1.165, 1.54) is 12.1 Å². The van der Waals surface area contributed by atoms with Crippen LogP contribution in [0.15, 0.2) is 93.3 Å². The van der Waals surface area contributed by atoms with Crippen molar-refractivity contribution in [1.29, 1.82) is 0 Å². The van der Waals surface area contributed by atoms with Crippen molar-refractivity contribution in [1.82, 2.24) is 9.99 Å². The topological polar surface area (TPSA) is 83.8 Å². The van der Waals surface area contributed by atoms with Gasteiger partial charge in [-0.3, -0.25) is 9.10 Å². The van der Waals surface area contributed by atoms with Crippen LogP contribution in [0.1, 0.15) is 22.5 Å². The quantitative estimate of drug-likeness (QED) is 0.191.